The minimum absolute atomic E-state index is 0.0536. The van der Waals surface area contributed by atoms with E-state index in [0.29, 0.717) is 12.5 Å². The van der Waals surface area contributed by atoms with Crippen molar-refractivity contribution in [1.82, 2.24) is 9.97 Å². The van der Waals surface area contributed by atoms with Crippen LogP contribution in [0, 0.1) is 0 Å². The van der Waals surface area contributed by atoms with Gasteiger partial charge in [0.2, 0.25) is 5.88 Å². The molecule has 0 atom stereocenters. The van der Waals surface area contributed by atoms with E-state index < -0.39 is 0 Å². The summed E-state index contributed by atoms with van der Waals surface area (Å²) in [5.41, 5.74) is 6.07. The fourth-order valence-corrected chi connectivity index (χ4v) is 1.87. The van der Waals surface area contributed by atoms with Gasteiger partial charge < -0.3 is 15.4 Å². The summed E-state index contributed by atoms with van der Waals surface area (Å²) >= 11 is 0. The zero-order valence-corrected chi connectivity index (χ0v) is 10.5. The van der Waals surface area contributed by atoms with Crippen LogP contribution in [0.2, 0.25) is 0 Å². The van der Waals surface area contributed by atoms with Crippen LogP contribution in [0.1, 0.15) is 26.7 Å². The highest BCUT2D eigenvalue weighted by molar-refractivity contribution is 5.43. The topological polar surface area (TPSA) is 64.3 Å². The minimum Gasteiger partial charge on any atom is -0.477 e. The standard InChI is InChI=1S/C12H20N4O/c1-3-5-17-11-7-14-6-10(15-11)16-8-12(13,4-2)9-16/h6-7H,3-5,8-9,13H2,1-2H3. The second kappa shape index (κ2) is 4.87. The highest BCUT2D eigenvalue weighted by atomic mass is 16.5. The van der Waals surface area contributed by atoms with E-state index in [1.807, 2.05) is 0 Å². The summed E-state index contributed by atoms with van der Waals surface area (Å²) in [5.74, 6) is 1.45. The van der Waals surface area contributed by atoms with Gasteiger partial charge in [-0.1, -0.05) is 13.8 Å². The van der Waals surface area contributed by atoms with Gasteiger partial charge in [0.05, 0.1) is 24.5 Å². The van der Waals surface area contributed by atoms with Crippen molar-refractivity contribution < 1.29 is 4.74 Å². The summed E-state index contributed by atoms with van der Waals surface area (Å²) in [6.45, 7) is 6.54. The second-order valence-corrected chi connectivity index (χ2v) is 4.64. The van der Waals surface area contributed by atoms with E-state index in [0.717, 1.165) is 31.7 Å². The number of nitrogens with zero attached hydrogens (tertiary/aromatic N) is 3. The third kappa shape index (κ3) is 2.66. The zero-order valence-electron chi connectivity index (χ0n) is 10.5. The Morgan fingerprint density at radius 2 is 2.18 bits per heavy atom. The van der Waals surface area contributed by atoms with Crippen LogP contribution in [-0.2, 0) is 0 Å². The molecule has 1 fully saturated rings. The first-order valence-corrected chi connectivity index (χ1v) is 6.15. The number of aromatic nitrogens is 2. The molecule has 0 aliphatic carbocycles. The van der Waals surface area contributed by atoms with E-state index >= 15 is 0 Å². The van der Waals surface area contributed by atoms with E-state index in [2.05, 4.69) is 28.7 Å². The van der Waals surface area contributed by atoms with Crippen LogP contribution in [0.5, 0.6) is 5.88 Å². The SMILES string of the molecule is CCCOc1cncc(N2CC(N)(CC)C2)n1. The van der Waals surface area contributed by atoms with E-state index in [-0.39, 0.29) is 5.54 Å². The van der Waals surface area contributed by atoms with Gasteiger partial charge in [-0.3, -0.25) is 4.98 Å². The zero-order chi connectivity index (χ0) is 12.3. The van der Waals surface area contributed by atoms with E-state index in [1.54, 1.807) is 12.4 Å². The molecule has 5 heteroatoms. The molecule has 1 aliphatic rings. The van der Waals surface area contributed by atoms with Gasteiger partial charge in [0.15, 0.2) is 5.82 Å². The normalized spacial score (nSPS) is 17.7. The Labute approximate surface area is 102 Å². The molecule has 2 N–H and O–H groups in total. The Morgan fingerprint density at radius 3 is 2.82 bits per heavy atom. The monoisotopic (exact) mass is 236 g/mol. The lowest BCUT2D eigenvalue weighted by Gasteiger charge is -2.47. The predicted molar refractivity (Wildman–Crippen MR) is 67.2 cm³/mol. The van der Waals surface area contributed by atoms with Gasteiger partial charge in [0.1, 0.15) is 0 Å². The fraction of sp³-hybridized carbons (Fsp3) is 0.667. The Balaban J connectivity index is 1.98. The summed E-state index contributed by atoms with van der Waals surface area (Å²) in [5, 5.41) is 0. The van der Waals surface area contributed by atoms with Crippen LogP contribution in [0.15, 0.2) is 12.4 Å². The van der Waals surface area contributed by atoms with E-state index in [1.165, 1.54) is 0 Å². The number of rotatable bonds is 5. The molecule has 1 saturated heterocycles. The molecule has 0 unspecified atom stereocenters. The van der Waals surface area contributed by atoms with Crippen molar-refractivity contribution >= 4 is 5.82 Å². The third-order valence-electron chi connectivity index (χ3n) is 3.09. The van der Waals surface area contributed by atoms with Crippen LogP contribution < -0.4 is 15.4 Å². The Hall–Kier alpha value is -1.36. The molecule has 1 aromatic heterocycles. The average molecular weight is 236 g/mol. The predicted octanol–water partition coefficient (Wildman–Crippen LogP) is 1.19. The Morgan fingerprint density at radius 1 is 1.41 bits per heavy atom. The lowest BCUT2D eigenvalue weighted by Crippen LogP contribution is -2.67. The molecular formula is C12H20N4O. The Kier molecular flexibility index (Phi) is 3.47. The lowest BCUT2D eigenvalue weighted by atomic mass is 9.88. The number of hydrogen-bond donors (Lipinski definition) is 1. The Bertz CT molecular complexity index is 377. The van der Waals surface area contributed by atoms with Gasteiger partial charge in [0, 0.05) is 13.1 Å². The van der Waals surface area contributed by atoms with Gasteiger partial charge in [-0.2, -0.15) is 4.98 Å². The van der Waals surface area contributed by atoms with E-state index in [4.69, 9.17) is 10.5 Å². The molecule has 94 valence electrons. The van der Waals surface area contributed by atoms with Crippen molar-refractivity contribution in [2.24, 2.45) is 5.73 Å². The molecule has 1 aliphatic heterocycles. The van der Waals surface area contributed by atoms with Crippen molar-refractivity contribution in [1.29, 1.82) is 0 Å². The molecule has 0 aromatic carbocycles. The summed E-state index contributed by atoms with van der Waals surface area (Å²) in [6, 6.07) is 0. The molecular weight excluding hydrogens is 216 g/mol. The molecule has 0 spiro atoms. The molecule has 1 aromatic rings. The first-order chi connectivity index (χ1) is 8.17. The maximum absolute atomic E-state index is 6.13. The van der Waals surface area contributed by atoms with Crippen molar-refractivity contribution in [3.8, 4) is 5.88 Å². The molecule has 2 heterocycles. The maximum atomic E-state index is 6.13. The van der Waals surface area contributed by atoms with Crippen LogP contribution in [0.4, 0.5) is 5.82 Å². The van der Waals surface area contributed by atoms with Crippen molar-refractivity contribution in [2.75, 3.05) is 24.6 Å². The molecule has 0 bridgehead atoms. The first-order valence-electron chi connectivity index (χ1n) is 6.15. The molecule has 0 saturated carbocycles. The van der Waals surface area contributed by atoms with Crippen molar-refractivity contribution in [3.05, 3.63) is 12.4 Å². The number of ether oxygens (including phenoxy) is 1. The van der Waals surface area contributed by atoms with Crippen molar-refractivity contribution in [2.45, 2.75) is 32.2 Å². The summed E-state index contributed by atoms with van der Waals surface area (Å²) in [6.07, 6.45) is 5.36. The fourth-order valence-electron chi connectivity index (χ4n) is 1.87. The van der Waals surface area contributed by atoms with Gasteiger partial charge in [-0.15, -0.1) is 0 Å². The maximum Gasteiger partial charge on any atom is 0.234 e. The number of hydrogen-bond acceptors (Lipinski definition) is 5. The van der Waals surface area contributed by atoms with Crippen LogP contribution in [0.3, 0.4) is 0 Å². The van der Waals surface area contributed by atoms with Crippen LogP contribution in [-0.4, -0.2) is 35.2 Å². The molecule has 0 radical (unpaired) electrons. The number of anilines is 1. The highest BCUT2D eigenvalue weighted by Gasteiger charge is 2.38. The van der Waals surface area contributed by atoms with Gasteiger partial charge >= 0.3 is 0 Å². The van der Waals surface area contributed by atoms with Gasteiger partial charge in [-0.05, 0) is 12.8 Å². The van der Waals surface area contributed by atoms with E-state index in [9.17, 15) is 0 Å². The quantitative estimate of drug-likeness (QED) is 0.832. The summed E-state index contributed by atoms with van der Waals surface area (Å²) in [4.78, 5) is 10.7. The number of nitrogens with two attached hydrogens (primary N) is 1. The first kappa shape index (κ1) is 12.1. The van der Waals surface area contributed by atoms with Gasteiger partial charge in [0.25, 0.3) is 0 Å². The smallest absolute Gasteiger partial charge is 0.234 e. The largest absolute Gasteiger partial charge is 0.477 e. The molecule has 5 nitrogen and oxygen atoms in total. The van der Waals surface area contributed by atoms with Crippen LogP contribution in [0.25, 0.3) is 0 Å². The van der Waals surface area contributed by atoms with Crippen molar-refractivity contribution in [3.63, 3.8) is 0 Å². The average Bonchev–Trinajstić information content (AvgIpc) is 2.33. The van der Waals surface area contributed by atoms with Crippen LogP contribution >= 0.6 is 0 Å². The minimum atomic E-state index is -0.0536. The second-order valence-electron chi connectivity index (χ2n) is 4.64. The van der Waals surface area contributed by atoms with Gasteiger partial charge in [-0.25, -0.2) is 0 Å². The lowest BCUT2D eigenvalue weighted by molar-refractivity contribution is 0.298. The molecule has 0 amide bonds. The highest BCUT2D eigenvalue weighted by Crippen LogP contribution is 2.27. The summed E-state index contributed by atoms with van der Waals surface area (Å²) < 4.78 is 5.46. The molecule has 2 rings (SSSR count). The molecule has 17 heavy (non-hydrogen) atoms. The third-order valence-corrected chi connectivity index (χ3v) is 3.09. The summed E-state index contributed by atoms with van der Waals surface area (Å²) in [7, 11) is 0.